The van der Waals surface area contributed by atoms with Crippen LogP contribution in [0.15, 0.2) is 48.8 Å². The monoisotopic (exact) mass is 521 g/mol. The van der Waals surface area contributed by atoms with E-state index >= 15 is 0 Å². The number of carbonyl (C=O) groups excluding carboxylic acids is 1. The second-order valence-corrected chi connectivity index (χ2v) is 10.2. The zero-order valence-corrected chi connectivity index (χ0v) is 20.7. The molecule has 6 atom stereocenters. The molecule has 36 heavy (non-hydrogen) atoms. The van der Waals surface area contributed by atoms with E-state index in [1.54, 1.807) is 42.5 Å². The van der Waals surface area contributed by atoms with Gasteiger partial charge in [-0.25, -0.2) is 14.1 Å². The lowest BCUT2D eigenvalue weighted by Crippen LogP contribution is -2.45. The number of nitrogens with zero attached hydrogens (tertiary/aromatic N) is 3. The third kappa shape index (κ3) is 5.07. The number of hydrogen-bond donors (Lipinski definition) is 4. The van der Waals surface area contributed by atoms with Gasteiger partial charge in [-0.15, -0.1) is 0 Å². The molecule has 3 heterocycles. The van der Waals surface area contributed by atoms with Crippen molar-refractivity contribution in [1.82, 2.24) is 19.7 Å². The molecule has 0 saturated carbocycles. The van der Waals surface area contributed by atoms with Gasteiger partial charge in [0.05, 0.1) is 19.4 Å². The second kappa shape index (κ2) is 10.1. The van der Waals surface area contributed by atoms with Crippen molar-refractivity contribution in [2.45, 2.75) is 43.8 Å². The minimum atomic E-state index is -4.20. The zero-order valence-electron chi connectivity index (χ0n) is 19.8. The van der Waals surface area contributed by atoms with Crippen molar-refractivity contribution in [2.24, 2.45) is 0 Å². The van der Waals surface area contributed by atoms with E-state index in [0.29, 0.717) is 11.2 Å². The maximum absolute atomic E-state index is 13.6. The van der Waals surface area contributed by atoms with E-state index in [1.165, 1.54) is 31.8 Å². The lowest BCUT2D eigenvalue weighted by Gasteiger charge is -2.30. The number of nitrogen functional groups attached to an aromatic ring is 1. The molecular weight excluding hydrogens is 493 g/mol. The lowest BCUT2D eigenvalue weighted by atomic mass is 9.97. The number of ether oxygens (including phenoxy) is 2. The maximum atomic E-state index is 13.6. The number of aromatic nitrogens is 3. The van der Waals surface area contributed by atoms with E-state index in [1.807, 2.05) is 0 Å². The van der Waals surface area contributed by atoms with Crippen molar-refractivity contribution in [1.29, 1.82) is 0 Å². The fourth-order valence-electron chi connectivity index (χ4n) is 3.89. The number of esters is 1. The Morgan fingerprint density at radius 3 is 2.72 bits per heavy atom. The van der Waals surface area contributed by atoms with Crippen LogP contribution < -0.4 is 15.3 Å². The van der Waals surface area contributed by atoms with Gasteiger partial charge in [-0.2, -0.15) is 10.2 Å². The van der Waals surface area contributed by atoms with Crippen molar-refractivity contribution in [3.8, 4) is 5.75 Å². The van der Waals surface area contributed by atoms with Gasteiger partial charge in [-0.05, 0) is 38.1 Å². The number of anilines is 1. The van der Waals surface area contributed by atoms with Gasteiger partial charge in [-0.1, -0.05) is 18.2 Å². The Bertz CT molecular complexity index is 1270. The quantitative estimate of drug-likeness (QED) is 0.234. The first-order valence-electron chi connectivity index (χ1n) is 11.0. The van der Waals surface area contributed by atoms with Crippen LogP contribution in [-0.2, 0) is 23.4 Å². The molecule has 1 fully saturated rings. The average molecular weight is 521 g/mol. The fourth-order valence-corrected chi connectivity index (χ4v) is 5.47. The van der Waals surface area contributed by atoms with Crippen LogP contribution in [0, 0.1) is 0 Å². The number of methoxy groups -OCH3 is 1. The van der Waals surface area contributed by atoms with Crippen LogP contribution >= 0.6 is 7.75 Å². The molecule has 0 aliphatic carbocycles. The molecule has 0 spiro atoms. The van der Waals surface area contributed by atoms with Crippen molar-refractivity contribution >= 4 is 25.1 Å². The highest BCUT2D eigenvalue weighted by Gasteiger charge is 2.53. The number of carbonyl (C=O) groups is 1. The first-order chi connectivity index (χ1) is 17.1. The predicted molar refractivity (Wildman–Crippen MR) is 127 cm³/mol. The Kier molecular flexibility index (Phi) is 7.32. The predicted octanol–water partition coefficient (Wildman–Crippen LogP) is 1.22. The molecule has 0 amide bonds. The molecule has 194 valence electrons. The molecule has 5 N–H and O–H groups in total. The minimum absolute atomic E-state index is 0.221. The molecule has 1 aliphatic heterocycles. The fraction of sp³-hybridized carbons (Fsp3) is 0.409. The standard InChI is InChI=1S/C22H28N5O8P/c1-13(21(30)32-3)26-36(31,35-14-7-5-4-6-8-14)33-11-22(2)19(29)17(28)18(34-22)15-9-10-16-20(23)24-12-25-27(15)16/h4-10,12-13,17-19,28-29H,11H2,1-3H3,(H,26,31)(H2,23,24,25)/t13-,17-,18-,19-,22+,36-/m0/s1. The van der Waals surface area contributed by atoms with E-state index < -0.39 is 50.3 Å². The van der Waals surface area contributed by atoms with Gasteiger partial charge in [0.15, 0.2) is 5.82 Å². The van der Waals surface area contributed by atoms with E-state index in [2.05, 4.69) is 19.9 Å². The van der Waals surface area contributed by atoms with Crippen LogP contribution in [0.5, 0.6) is 5.75 Å². The van der Waals surface area contributed by atoms with Gasteiger partial charge in [0.2, 0.25) is 0 Å². The lowest BCUT2D eigenvalue weighted by molar-refractivity contribution is -0.142. The third-order valence-electron chi connectivity index (χ3n) is 5.85. The van der Waals surface area contributed by atoms with Crippen LogP contribution in [0.3, 0.4) is 0 Å². The molecule has 13 nitrogen and oxygen atoms in total. The summed E-state index contributed by atoms with van der Waals surface area (Å²) in [6, 6.07) is 10.5. The molecule has 3 aromatic rings. The summed E-state index contributed by atoms with van der Waals surface area (Å²) in [5.74, 6) is -0.228. The molecule has 14 heteroatoms. The number of nitrogens with two attached hydrogens (primary N) is 1. The Morgan fingerprint density at radius 1 is 1.31 bits per heavy atom. The van der Waals surface area contributed by atoms with E-state index in [0.717, 1.165) is 0 Å². The summed E-state index contributed by atoms with van der Waals surface area (Å²) in [7, 11) is -3.00. The number of aliphatic hydroxyl groups is 2. The summed E-state index contributed by atoms with van der Waals surface area (Å²) < 4.78 is 37.0. The molecule has 0 bridgehead atoms. The van der Waals surface area contributed by atoms with Gasteiger partial charge >= 0.3 is 13.7 Å². The summed E-state index contributed by atoms with van der Waals surface area (Å²) in [4.78, 5) is 15.9. The molecule has 1 saturated heterocycles. The van der Waals surface area contributed by atoms with E-state index in [9.17, 15) is 19.6 Å². The molecular formula is C22H28N5O8P. The van der Waals surface area contributed by atoms with Crippen molar-refractivity contribution in [3.63, 3.8) is 0 Å². The average Bonchev–Trinajstić information content (AvgIpc) is 3.39. The minimum Gasteiger partial charge on any atom is -0.468 e. The van der Waals surface area contributed by atoms with E-state index in [4.69, 9.17) is 19.5 Å². The van der Waals surface area contributed by atoms with Crippen molar-refractivity contribution in [3.05, 3.63) is 54.5 Å². The smallest absolute Gasteiger partial charge is 0.459 e. The second-order valence-electron chi connectivity index (χ2n) is 8.54. The number of nitrogens with one attached hydrogen (secondary N) is 1. The van der Waals surface area contributed by atoms with E-state index in [-0.39, 0.29) is 11.6 Å². The van der Waals surface area contributed by atoms with Gasteiger partial charge in [0.25, 0.3) is 0 Å². The van der Waals surface area contributed by atoms with Crippen LogP contribution in [0.4, 0.5) is 5.82 Å². The van der Waals surface area contributed by atoms with Crippen molar-refractivity contribution < 1.29 is 38.1 Å². The number of aliphatic hydroxyl groups excluding tert-OH is 2. The first kappa shape index (κ1) is 26.0. The Labute approximate surface area is 206 Å². The molecule has 0 unspecified atom stereocenters. The number of para-hydroxylation sites is 1. The SMILES string of the molecule is COC(=O)[C@H](C)N[P@](=O)(OC[C@@]1(C)O[C@@H](c2ccc3c(N)ncnn23)[C@H](O)[C@@H]1O)Oc1ccccc1. The topological polar surface area (TPSA) is 180 Å². The number of rotatable bonds is 9. The highest BCUT2D eigenvalue weighted by molar-refractivity contribution is 7.52. The summed E-state index contributed by atoms with van der Waals surface area (Å²) >= 11 is 0. The van der Waals surface area contributed by atoms with Crippen LogP contribution in [0.25, 0.3) is 5.52 Å². The number of hydrogen-bond acceptors (Lipinski definition) is 11. The molecule has 0 radical (unpaired) electrons. The summed E-state index contributed by atoms with van der Waals surface area (Å²) in [6.45, 7) is 2.47. The normalized spacial score (nSPS) is 26.4. The summed E-state index contributed by atoms with van der Waals surface area (Å²) in [5, 5.41) is 28.4. The Morgan fingerprint density at radius 2 is 2.03 bits per heavy atom. The van der Waals surface area contributed by atoms with Gasteiger partial charge in [0.1, 0.15) is 47.5 Å². The van der Waals surface area contributed by atoms with Gasteiger partial charge in [-0.3, -0.25) is 9.32 Å². The van der Waals surface area contributed by atoms with Gasteiger partial charge < -0.3 is 29.9 Å². The highest BCUT2D eigenvalue weighted by Crippen LogP contribution is 2.48. The zero-order chi connectivity index (χ0) is 26.1. The van der Waals surface area contributed by atoms with Gasteiger partial charge in [0, 0.05) is 0 Å². The van der Waals surface area contributed by atoms with Crippen LogP contribution in [-0.4, -0.2) is 68.3 Å². The maximum Gasteiger partial charge on any atom is 0.459 e. The highest BCUT2D eigenvalue weighted by atomic mass is 31.2. The summed E-state index contributed by atoms with van der Waals surface area (Å²) in [5.41, 5.74) is 5.30. The Balaban J connectivity index is 1.56. The number of fused-ring (bicyclic) bond motifs is 1. The van der Waals surface area contributed by atoms with Crippen LogP contribution in [0.2, 0.25) is 0 Å². The summed E-state index contributed by atoms with van der Waals surface area (Å²) in [6.07, 6.45) is -2.56. The van der Waals surface area contributed by atoms with Crippen LogP contribution in [0.1, 0.15) is 25.6 Å². The Hall–Kier alpha value is -3.06. The molecule has 1 aliphatic rings. The number of benzene rings is 1. The largest absolute Gasteiger partial charge is 0.468 e. The molecule has 4 rings (SSSR count). The first-order valence-corrected chi connectivity index (χ1v) is 12.6. The van der Waals surface area contributed by atoms with Crippen molar-refractivity contribution in [2.75, 3.05) is 19.5 Å². The molecule has 1 aromatic carbocycles. The molecule has 2 aromatic heterocycles. The third-order valence-corrected chi connectivity index (χ3v) is 7.48.